The Bertz CT molecular complexity index is 839. The molecule has 1 fully saturated rings. The van der Waals surface area contributed by atoms with E-state index in [2.05, 4.69) is 21.4 Å². The third-order valence-corrected chi connectivity index (χ3v) is 4.76. The molecule has 1 N–H and O–H groups in total. The smallest absolute Gasteiger partial charge is 0.137 e. The molecule has 0 spiro atoms. The average molecular weight is 321 g/mol. The zero-order chi connectivity index (χ0) is 16.4. The van der Waals surface area contributed by atoms with Crippen LogP contribution in [0.3, 0.4) is 0 Å². The third-order valence-electron chi connectivity index (χ3n) is 4.76. The van der Waals surface area contributed by atoms with Crippen LogP contribution in [0, 0.1) is 5.82 Å². The van der Waals surface area contributed by atoms with Crippen molar-refractivity contribution in [2.75, 3.05) is 5.32 Å². The number of hydrogen-bond acceptors (Lipinski definition) is 3. The minimum absolute atomic E-state index is 0.220. The number of aromatic nitrogens is 2. The van der Waals surface area contributed by atoms with Crippen molar-refractivity contribution >= 4 is 16.7 Å². The van der Waals surface area contributed by atoms with E-state index in [4.69, 9.17) is 0 Å². The predicted molar refractivity (Wildman–Crippen MR) is 95.4 cm³/mol. The van der Waals surface area contributed by atoms with Crippen LogP contribution in [0.5, 0.6) is 0 Å². The number of nitrogens with one attached hydrogen (secondary N) is 1. The number of fused-ring (bicyclic) bond motifs is 1. The Morgan fingerprint density at radius 1 is 0.875 bits per heavy atom. The van der Waals surface area contributed by atoms with Gasteiger partial charge in [-0.15, -0.1) is 0 Å². The molecule has 1 heterocycles. The standard InChI is InChI=1S/C20H20FN3/c21-16-9-6-14(7-10-16)15-8-11-19-18(12-15)20(23-13-22-19)24-17-4-2-1-3-5-17/h6-13,17H,1-5H2,(H,22,23,24). The molecule has 3 aromatic rings. The predicted octanol–water partition coefficient (Wildman–Crippen LogP) is 5.18. The topological polar surface area (TPSA) is 37.8 Å². The summed E-state index contributed by atoms with van der Waals surface area (Å²) >= 11 is 0. The number of nitrogens with zero attached hydrogens (tertiary/aromatic N) is 2. The fraction of sp³-hybridized carbons (Fsp3) is 0.300. The van der Waals surface area contributed by atoms with Crippen LogP contribution in [0.4, 0.5) is 10.2 Å². The van der Waals surface area contributed by atoms with Crippen LogP contribution in [0.1, 0.15) is 32.1 Å². The molecule has 1 saturated carbocycles. The third kappa shape index (κ3) is 3.09. The van der Waals surface area contributed by atoms with Crippen molar-refractivity contribution in [2.45, 2.75) is 38.1 Å². The summed E-state index contributed by atoms with van der Waals surface area (Å²) in [7, 11) is 0. The first-order chi connectivity index (χ1) is 11.8. The molecule has 1 aliphatic carbocycles. The molecule has 0 atom stereocenters. The first kappa shape index (κ1) is 15.1. The van der Waals surface area contributed by atoms with E-state index in [1.54, 1.807) is 18.5 Å². The lowest BCUT2D eigenvalue weighted by Crippen LogP contribution is -2.23. The lowest BCUT2D eigenvalue weighted by molar-refractivity contribution is 0.462. The molecule has 0 unspecified atom stereocenters. The van der Waals surface area contributed by atoms with Crippen molar-refractivity contribution in [1.82, 2.24) is 9.97 Å². The summed E-state index contributed by atoms with van der Waals surface area (Å²) < 4.78 is 13.1. The largest absolute Gasteiger partial charge is 0.367 e. The highest BCUT2D eigenvalue weighted by Crippen LogP contribution is 2.29. The Hall–Kier alpha value is -2.49. The second kappa shape index (κ2) is 6.56. The fourth-order valence-electron chi connectivity index (χ4n) is 3.43. The highest BCUT2D eigenvalue weighted by Gasteiger charge is 2.15. The molecule has 1 aliphatic rings. The minimum Gasteiger partial charge on any atom is -0.367 e. The lowest BCUT2D eigenvalue weighted by Gasteiger charge is -2.23. The zero-order valence-corrected chi connectivity index (χ0v) is 13.5. The van der Waals surface area contributed by atoms with E-state index in [1.165, 1.54) is 44.2 Å². The lowest BCUT2D eigenvalue weighted by atomic mass is 9.95. The Labute approximate surface area is 141 Å². The van der Waals surface area contributed by atoms with Gasteiger partial charge in [-0.25, -0.2) is 14.4 Å². The Morgan fingerprint density at radius 3 is 2.42 bits per heavy atom. The Balaban J connectivity index is 1.71. The second-order valence-corrected chi connectivity index (χ2v) is 6.44. The van der Waals surface area contributed by atoms with E-state index in [0.717, 1.165) is 27.8 Å². The molecule has 0 saturated heterocycles. The van der Waals surface area contributed by atoms with Crippen LogP contribution in [0.15, 0.2) is 48.8 Å². The Kier molecular flexibility index (Phi) is 4.11. The van der Waals surface area contributed by atoms with Gasteiger partial charge in [0.05, 0.1) is 5.52 Å². The quantitative estimate of drug-likeness (QED) is 0.722. The van der Waals surface area contributed by atoms with Gasteiger partial charge >= 0.3 is 0 Å². The first-order valence-corrected chi connectivity index (χ1v) is 8.57. The summed E-state index contributed by atoms with van der Waals surface area (Å²) in [5.41, 5.74) is 2.96. The van der Waals surface area contributed by atoms with Gasteiger partial charge in [0, 0.05) is 11.4 Å². The van der Waals surface area contributed by atoms with E-state index in [1.807, 2.05) is 12.1 Å². The van der Waals surface area contributed by atoms with Crippen molar-refractivity contribution in [3.63, 3.8) is 0 Å². The number of rotatable bonds is 3. The molecule has 122 valence electrons. The summed E-state index contributed by atoms with van der Waals surface area (Å²) in [6.07, 6.45) is 7.90. The molecule has 4 heteroatoms. The molecule has 3 nitrogen and oxygen atoms in total. The van der Waals surface area contributed by atoms with Crippen molar-refractivity contribution in [2.24, 2.45) is 0 Å². The van der Waals surface area contributed by atoms with Crippen molar-refractivity contribution in [1.29, 1.82) is 0 Å². The summed E-state index contributed by atoms with van der Waals surface area (Å²) in [4.78, 5) is 8.84. The molecule has 2 aromatic carbocycles. The van der Waals surface area contributed by atoms with Crippen LogP contribution < -0.4 is 5.32 Å². The molecular formula is C20H20FN3. The van der Waals surface area contributed by atoms with E-state index >= 15 is 0 Å². The van der Waals surface area contributed by atoms with Crippen LogP contribution in [0.25, 0.3) is 22.0 Å². The van der Waals surface area contributed by atoms with Gasteiger partial charge in [-0.1, -0.05) is 37.5 Å². The molecule has 0 aliphatic heterocycles. The second-order valence-electron chi connectivity index (χ2n) is 6.44. The maximum absolute atomic E-state index is 13.1. The molecule has 24 heavy (non-hydrogen) atoms. The van der Waals surface area contributed by atoms with Gasteiger partial charge in [-0.2, -0.15) is 0 Å². The van der Waals surface area contributed by atoms with Gasteiger partial charge in [-0.3, -0.25) is 0 Å². The monoisotopic (exact) mass is 321 g/mol. The van der Waals surface area contributed by atoms with Crippen LogP contribution in [-0.2, 0) is 0 Å². The molecule has 0 amide bonds. The van der Waals surface area contributed by atoms with E-state index in [0.29, 0.717) is 6.04 Å². The van der Waals surface area contributed by atoms with Crippen LogP contribution >= 0.6 is 0 Å². The highest BCUT2D eigenvalue weighted by atomic mass is 19.1. The van der Waals surface area contributed by atoms with Gasteiger partial charge in [0.1, 0.15) is 18.0 Å². The summed E-state index contributed by atoms with van der Waals surface area (Å²) in [6, 6.07) is 13.2. The van der Waals surface area contributed by atoms with E-state index < -0.39 is 0 Å². The van der Waals surface area contributed by atoms with Crippen LogP contribution in [-0.4, -0.2) is 16.0 Å². The van der Waals surface area contributed by atoms with Crippen molar-refractivity contribution in [3.8, 4) is 11.1 Å². The summed E-state index contributed by atoms with van der Waals surface area (Å²) in [5.74, 6) is 0.679. The fourth-order valence-corrected chi connectivity index (χ4v) is 3.43. The minimum atomic E-state index is -0.220. The summed E-state index contributed by atoms with van der Waals surface area (Å²) in [5, 5.41) is 4.62. The van der Waals surface area contributed by atoms with Gasteiger partial charge in [-0.05, 0) is 48.2 Å². The van der Waals surface area contributed by atoms with Gasteiger partial charge < -0.3 is 5.32 Å². The molecule has 4 rings (SSSR count). The number of benzene rings is 2. The number of halogens is 1. The SMILES string of the molecule is Fc1ccc(-c2ccc3ncnc(NC4CCCCC4)c3c2)cc1. The number of anilines is 1. The van der Waals surface area contributed by atoms with Crippen LogP contribution in [0.2, 0.25) is 0 Å². The van der Waals surface area contributed by atoms with E-state index in [9.17, 15) is 4.39 Å². The van der Waals surface area contributed by atoms with E-state index in [-0.39, 0.29) is 5.82 Å². The zero-order valence-electron chi connectivity index (χ0n) is 13.5. The normalized spacial score (nSPS) is 15.5. The Morgan fingerprint density at radius 2 is 1.62 bits per heavy atom. The molecule has 1 aromatic heterocycles. The average Bonchev–Trinajstić information content (AvgIpc) is 2.63. The van der Waals surface area contributed by atoms with Crippen molar-refractivity contribution < 1.29 is 4.39 Å². The van der Waals surface area contributed by atoms with Crippen molar-refractivity contribution in [3.05, 3.63) is 54.6 Å². The van der Waals surface area contributed by atoms with Gasteiger partial charge in [0.25, 0.3) is 0 Å². The van der Waals surface area contributed by atoms with Gasteiger partial charge in [0.15, 0.2) is 0 Å². The maximum atomic E-state index is 13.1. The maximum Gasteiger partial charge on any atom is 0.137 e. The highest BCUT2D eigenvalue weighted by molar-refractivity contribution is 5.92. The summed E-state index contributed by atoms with van der Waals surface area (Å²) in [6.45, 7) is 0. The molecule has 0 bridgehead atoms. The number of hydrogen-bond donors (Lipinski definition) is 1. The molecule has 0 radical (unpaired) electrons. The first-order valence-electron chi connectivity index (χ1n) is 8.57. The van der Waals surface area contributed by atoms with Gasteiger partial charge in [0.2, 0.25) is 0 Å². The molecular weight excluding hydrogens is 301 g/mol.